The number of hydrazine groups is 1. The Morgan fingerprint density at radius 3 is 2.83 bits per heavy atom. The fourth-order valence-corrected chi connectivity index (χ4v) is 2.88. The third kappa shape index (κ3) is 5.64. The normalized spacial score (nSPS) is 16.6. The second-order valence-corrected chi connectivity index (χ2v) is 6.64. The number of hydrogen-bond acceptors (Lipinski definition) is 5. The SMILES string of the molecule is O=C(COC1=CC(C(F)(F)F)NN1c1ccccc1Cl)NCCCn1ccnc1. The van der Waals surface area contributed by atoms with Gasteiger partial charge in [0.1, 0.15) is 6.04 Å². The van der Waals surface area contributed by atoms with Crippen LogP contribution in [0.3, 0.4) is 0 Å². The van der Waals surface area contributed by atoms with Gasteiger partial charge in [-0.1, -0.05) is 23.7 Å². The van der Waals surface area contributed by atoms with Gasteiger partial charge in [-0.2, -0.15) is 13.2 Å². The summed E-state index contributed by atoms with van der Waals surface area (Å²) in [4.78, 5) is 15.9. The van der Waals surface area contributed by atoms with Crippen molar-refractivity contribution in [1.82, 2.24) is 20.3 Å². The Morgan fingerprint density at radius 1 is 1.34 bits per heavy atom. The molecule has 2 heterocycles. The second kappa shape index (κ2) is 9.19. The van der Waals surface area contributed by atoms with Gasteiger partial charge >= 0.3 is 6.18 Å². The van der Waals surface area contributed by atoms with Crippen molar-refractivity contribution in [3.63, 3.8) is 0 Å². The number of halogens is 4. The summed E-state index contributed by atoms with van der Waals surface area (Å²) in [5.41, 5.74) is 2.58. The van der Waals surface area contributed by atoms with E-state index in [0.717, 1.165) is 11.1 Å². The number of nitrogens with zero attached hydrogens (tertiary/aromatic N) is 3. The minimum Gasteiger partial charge on any atom is -0.468 e. The summed E-state index contributed by atoms with van der Waals surface area (Å²) in [5.74, 6) is -0.583. The molecular weight excluding hydrogens is 411 g/mol. The Hall–Kier alpha value is -2.72. The van der Waals surface area contributed by atoms with Crippen LogP contribution in [0.5, 0.6) is 0 Å². The van der Waals surface area contributed by atoms with Crippen molar-refractivity contribution in [2.24, 2.45) is 0 Å². The lowest BCUT2D eigenvalue weighted by molar-refractivity contribution is -0.142. The molecule has 11 heteroatoms. The molecular formula is C18H19ClF3N5O2. The number of alkyl halides is 3. The number of imidazole rings is 1. The Labute approximate surface area is 170 Å². The Kier molecular flexibility index (Phi) is 6.65. The van der Waals surface area contributed by atoms with Gasteiger partial charge in [0.05, 0.1) is 17.0 Å². The van der Waals surface area contributed by atoms with Crippen LogP contribution in [-0.4, -0.2) is 40.8 Å². The Morgan fingerprint density at radius 2 is 2.14 bits per heavy atom. The molecule has 1 aliphatic rings. The lowest BCUT2D eigenvalue weighted by Gasteiger charge is -2.25. The number of amides is 1. The van der Waals surface area contributed by atoms with Crippen molar-refractivity contribution in [3.05, 3.63) is 60.0 Å². The molecule has 0 spiro atoms. The number of aryl methyl sites for hydroxylation is 1. The highest BCUT2D eigenvalue weighted by atomic mass is 35.5. The maximum absolute atomic E-state index is 13.1. The third-order valence-electron chi connectivity index (χ3n) is 4.07. The molecule has 1 aliphatic heterocycles. The van der Waals surface area contributed by atoms with Gasteiger partial charge in [-0.15, -0.1) is 0 Å². The standard InChI is InChI=1S/C18H19ClF3N5O2/c19-13-4-1-2-5-14(13)27-17(10-15(25-27)18(20,21)22)29-11-16(28)24-6-3-8-26-9-7-23-12-26/h1-2,4-5,7,9-10,12,15,25H,3,6,8,11H2,(H,24,28). The van der Waals surface area contributed by atoms with Crippen molar-refractivity contribution >= 4 is 23.2 Å². The molecule has 0 saturated heterocycles. The Balaban J connectivity index is 1.55. The summed E-state index contributed by atoms with van der Waals surface area (Å²) in [6.07, 6.45) is 2.16. The summed E-state index contributed by atoms with van der Waals surface area (Å²) in [6, 6.07) is 4.43. The molecule has 0 aliphatic carbocycles. The van der Waals surface area contributed by atoms with Crippen molar-refractivity contribution < 1.29 is 22.7 Å². The van der Waals surface area contributed by atoms with Gasteiger partial charge in [0.2, 0.25) is 5.88 Å². The van der Waals surface area contributed by atoms with Crippen molar-refractivity contribution in [1.29, 1.82) is 0 Å². The first-order valence-electron chi connectivity index (χ1n) is 8.79. The van der Waals surface area contributed by atoms with E-state index in [9.17, 15) is 18.0 Å². The molecule has 1 amide bonds. The van der Waals surface area contributed by atoms with E-state index in [1.165, 1.54) is 0 Å². The molecule has 1 atom stereocenters. The molecule has 29 heavy (non-hydrogen) atoms. The molecule has 0 saturated carbocycles. The maximum atomic E-state index is 13.1. The third-order valence-corrected chi connectivity index (χ3v) is 4.39. The van der Waals surface area contributed by atoms with Crippen LogP contribution in [-0.2, 0) is 16.1 Å². The van der Waals surface area contributed by atoms with E-state index in [0.29, 0.717) is 19.5 Å². The fraction of sp³-hybridized carbons (Fsp3) is 0.333. The van der Waals surface area contributed by atoms with Crippen LogP contribution in [0.1, 0.15) is 6.42 Å². The molecule has 156 valence electrons. The van der Waals surface area contributed by atoms with Crippen molar-refractivity contribution in [2.45, 2.75) is 25.2 Å². The van der Waals surface area contributed by atoms with Gasteiger partial charge in [0.15, 0.2) is 6.61 Å². The highest BCUT2D eigenvalue weighted by Gasteiger charge is 2.44. The monoisotopic (exact) mass is 429 g/mol. The zero-order valence-electron chi connectivity index (χ0n) is 15.2. The topological polar surface area (TPSA) is 71.4 Å². The minimum atomic E-state index is -4.53. The first-order chi connectivity index (χ1) is 13.8. The number of carbonyl (C=O) groups is 1. The first kappa shape index (κ1) is 21.0. The van der Waals surface area contributed by atoms with E-state index in [1.807, 2.05) is 10.8 Å². The Bertz CT molecular complexity index is 857. The number of carbonyl (C=O) groups excluding carboxylic acids is 1. The average molecular weight is 430 g/mol. The van der Waals surface area contributed by atoms with E-state index >= 15 is 0 Å². The number of ether oxygens (including phenoxy) is 1. The highest BCUT2D eigenvalue weighted by Crippen LogP contribution is 2.33. The van der Waals surface area contributed by atoms with Gasteiger partial charge in [-0.25, -0.2) is 15.4 Å². The summed E-state index contributed by atoms with van der Waals surface area (Å²) >= 11 is 6.09. The number of benzene rings is 1. The summed E-state index contributed by atoms with van der Waals surface area (Å²) < 4.78 is 46.6. The van der Waals surface area contributed by atoms with Gasteiger partial charge in [0, 0.05) is 31.6 Å². The number of nitrogens with one attached hydrogen (secondary N) is 2. The zero-order chi connectivity index (χ0) is 20.9. The summed E-state index contributed by atoms with van der Waals surface area (Å²) in [7, 11) is 0. The van der Waals surface area contributed by atoms with Crippen LogP contribution in [0, 0.1) is 0 Å². The molecule has 7 nitrogen and oxygen atoms in total. The number of hydrogen-bond donors (Lipinski definition) is 2. The minimum absolute atomic E-state index is 0.144. The van der Waals surface area contributed by atoms with Crippen LogP contribution < -0.4 is 15.8 Å². The molecule has 1 unspecified atom stereocenters. The van der Waals surface area contributed by atoms with Gasteiger partial charge in [-0.3, -0.25) is 4.79 Å². The number of para-hydroxylation sites is 1. The van der Waals surface area contributed by atoms with E-state index in [-0.39, 0.29) is 16.6 Å². The van der Waals surface area contributed by atoms with Crippen molar-refractivity contribution in [2.75, 3.05) is 18.2 Å². The van der Waals surface area contributed by atoms with Crippen LogP contribution in [0.25, 0.3) is 0 Å². The maximum Gasteiger partial charge on any atom is 0.409 e. The molecule has 0 fully saturated rings. The quantitative estimate of drug-likeness (QED) is 0.631. The molecule has 3 rings (SSSR count). The average Bonchev–Trinajstić information content (AvgIpc) is 3.33. The number of rotatable bonds is 8. The van der Waals surface area contributed by atoms with E-state index in [2.05, 4.69) is 15.7 Å². The fourth-order valence-electron chi connectivity index (χ4n) is 2.66. The van der Waals surface area contributed by atoms with Gasteiger partial charge in [0.25, 0.3) is 5.91 Å². The summed E-state index contributed by atoms with van der Waals surface area (Å²) in [6.45, 7) is 0.658. The lowest BCUT2D eigenvalue weighted by atomic mass is 10.3. The predicted octanol–water partition coefficient (Wildman–Crippen LogP) is 2.86. The molecule has 1 aromatic heterocycles. The molecule has 2 N–H and O–H groups in total. The molecule has 2 aromatic rings. The second-order valence-electron chi connectivity index (χ2n) is 6.23. The van der Waals surface area contributed by atoms with Gasteiger partial charge < -0.3 is 14.6 Å². The number of aromatic nitrogens is 2. The van der Waals surface area contributed by atoms with E-state index in [4.69, 9.17) is 16.3 Å². The summed E-state index contributed by atoms with van der Waals surface area (Å²) in [5, 5.41) is 3.99. The van der Waals surface area contributed by atoms with E-state index < -0.39 is 24.7 Å². The number of anilines is 1. The van der Waals surface area contributed by atoms with Crippen LogP contribution >= 0.6 is 11.6 Å². The first-order valence-corrected chi connectivity index (χ1v) is 9.17. The van der Waals surface area contributed by atoms with Crippen LogP contribution in [0.2, 0.25) is 5.02 Å². The molecule has 0 bridgehead atoms. The molecule has 0 radical (unpaired) electrons. The largest absolute Gasteiger partial charge is 0.468 e. The van der Waals surface area contributed by atoms with Gasteiger partial charge in [-0.05, 0) is 18.6 Å². The predicted molar refractivity (Wildman–Crippen MR) is 101 cm³/mol. The smallest absolute Gasteiger partial charge is 0.409 e. The van der Waals surface area contributed by atoms with Crippen LogP contribution in [0.15, 0.2) is 54.9 Å². The van der Waals surface area contributed by atoms with E-state index in [1.54, 1.807) is 36.8 Å². The molecule has 1 aromatic carbocycles. The van der Waals surface area contributed by atoms with Crippen LogP contribution in [0.4, 0.5) is 18.9 Å². The highest BCUT2D eigenvalue weighted by molar-refractivity contribution is 6.33. The van der Waals surface area contributed by atoms with Crippen molar-refractivity contribution in [3.8, 4) is 0 Å². The lowest BCUT2D eigenvalue weighted by Crippen LogP contribution is -2.45. The zero-order valence-corrected chi connectivity index (χ0v) is 16.0.